The number of hydrogen-bond donors (Lipinski definition) is 7. The number of nitrogens with zero attached hydrogens (tertiary/aromatic N) is 2. The van der Waals surface area contributed by atoms with E-state index in [4.69, 9.17) is 22.6 Å². The van der Waals surface area contributed by atoms with Gasteiger partial charge in [0.1, 0.15) is 23.3 Å². The summed E-state index contributed by atoms with van der Waals surface area (Å²) in [6, 6.07) is 5.55. The average molecular weight is 799 g/mol. The number of alkyl halides is 6. The SMILES string of the molecule is [C-]#[N+]c1ccc(NC(=O)[C@H]2[C@@H](C(=O)O)C3(C)OC2(C)C[C@@H]3O)cc1C(F)(F)F.[C-]#[N+]c1ccc(NC(O)[C@@H]2[C@H](C(=O)O)C3(C)C[C@H](O)C2(C)O3)cc1C(F)(F)F. The lowest BCUT2D eigenvalue weighted by Gasteiger charge is -2.40. The molecule has 4 bridgehead atoms. The van der Waals surface area contributed by atoms with Crippen LogP contribution in [0.15, 0.2) is 36.4 Å². The molecule has 7 N–H and O–H groups in total. The van der Waals surface area contributed by atoms with Crippen LogP contribution in [0.5, 0.6) is 0 Å². The minimum Gasteiger partial charge on any atom is -0.481 e. The first-order valence-electron chi connectivity index (χ1n) is 16.8. The van der Waals surface area contributed by atoms with Crippen LogP contribution in [-0.2, 0) is 36.2 Å². The summed E-state index contributed by atoms with van der Waals surface area (Å²) in [5, 5.41) is 55.1. The summed E-state index contributed by atoms with van der Waals surface area (Å²) < 4.78 is 90.3. The zero-order valence-electron chi connectivity index (χ0n) is 29.9. The first kappa shape index (κ1) is 42.2. The van der Waals surface area contributed by atoms with Crippen molar-refractivity contribution in [3.63, 3.8) is 0 Å². The summed E-state index contributed by atoms with van der Waals surface area (Å²) in [5.74, 6) is -8.28. The predicted octanol–water partition coefficient (Wildman–Crippen LogP) is 5.44. The highest BCUT2D eigenvalue weighted by molar-refractivity contribution is 5.97. The summed E-state index contributed by atoms with van der Waals surface area (Å²) in [6.07, 6.45) is -13.2. The van der Waals surface area contributed by atoms with E-state index >= 15 is 0 Å². The lowest BCUT2D eigenvalue weighted by Crippen LogP contribution is -2.56. The van der Waals surface area contributed by atoms with E-state index in [0.29, 0.717) is 12.1 Å². The Morgan fingerprint density at radius 2 is 1.18 bits per heavy atom. The fourth-order valence-corrected chi connectivity index (χ4v) is 8.83. The molecule has 4 aliphatic heterocycles. The highest BCUT2D eigenvalue weighted by Gasteiger charge is 2.72. The van der Waals surface area contributed by atoms with Gasteiger partial charge in [-0.25, -0.2) is 9.69 Å². The first-order valence-corrected chi connectivity index (χ1v) is 16.8. The molecule has 0 spiro atoms. The van der Waals surface area contributed by atoms with Gasteiger partial charge in [-0.1, -0.05) is 12.1 Å². The molecule has 4 aliphatic rings. The molecule has 0 radical (unpaired) electrons. The van der Waals surface area contributed by atoms with Crippen LogP contribution in [-0.4, -0.2) is 84.2 Å². The Kier molecular flexibility index (Phi) is 10.5. The number of amides is 1. The van der Waals surface area contributed by atoms with Crippen molar-refractivity contribution >= 4 is 40.6 Å². The van der Waals surface area contributed by atoms with Crippen LogP contribution in [0.1, 0.15) is 51.7 Å². The van der Waals surface area contributed by atoms with Gasteiger partial charge in [0.05, 0.1) is 65.4 Å². The second-order valence-electron chi connectivity index (χ2n) is 15.0. The molecule has 2 aromatic rings. The topological polar surface area (TPSA) is 204 Å². The number of aliphatic hydroxyl groups excluding tert-OH is 3. The van der Waals surface area contributed by atoms with E-state index in [1.165, 1.54) is 33.8 Å². The molecule has 302 valence electrons. The molecule has 0 aromatic heterocycles. The van der Waals surface area contributed by atoms with Gasteiger partial charge in [0, 0.05) is 24.2 Å². The number of hydrogen-bond acceptors (Lipinski definition) is 9. The summed E-state index contributed by atoms with van der Waals surface area (Å²) >= 11 is 0. The third-order valence-corrected chi connectivity index (χ3v) is 11.3. The number of halogens is 6. The van der Waals surface area contributed by atoms with Crippen molar-refractivity contribution in [1.29, 1.82) is 0 Å². The van der Waals surface area contributed by atoms with Crippen molar-refractivity contribution in [3.8, 4) is 0 Å². The molecule has 6 rings (SSSR count). The minimum atomic E-state index is -4.79. The second-order valence-corrected chi connectivity index (χ2v) is 15.0. The van der Waals surface area contributed by atoms with E-state index in [-0.39, 0.29) is 24.2 Å². The number of fused-ring (bicyclic) bond motifs is 4. The minimum absolute atomic E-state index is 0.0236. The van der Waals surface area contributed by atoms with Gasteiger partial charge >= 0.3 is 24.3 Å². The molecule has 2 aromatic carbocycles. The summed E-state index contributed by atoms with van der Waals surface area (Å²) in [5.41, 5.74) is -9.27. The van der Waals surface area contributed by atoms with Gasteiger partial charge in [0.25, 0.3) is 0 Å². The predicted molar refractivity (Wildman–Crippen MR) is 180 cm³/mol. The summed E-state index contributed by atoms with van der Waals surface area (Å²) in [4.78, 5) is 42.0. The number of carbonyl (C=O) groups excluding carboxylic acids is 1. The van der Waals surface area contributed by atoms with Crippen molar-refractivity contribution in [3.05, 3.63) is 70.4 Å². The van der Waals surface area contributed by atoms with Crippen molar-refractivity contribution in [2.75, 3.05) is 10.6 Å². The van der Waals surface area contributed by atoms with Crippen LogP contribution in [0.4, 0.5) is 49.1 Å². The first-order chi connectivity index (χ1) is 25.7. The normalized spacial score (nSPS) is 34.8. The zero-order valence-corrected chi connectivity index (χ0v) is 29.9. The number of carboxylic acid groups (broad SMARTS) is 2. The van der Waals surface area contributed by atoms with E-state index in [9.17, 15) is 66.3 Å². The van der Waals surface area contributed by atoms with Crippen molar-refractivity contribution < 1.29 is 75.7 Å². The number of aliphatic carboxylic acids is 2. The van der Waals surface area contributed by atoms with E-state index < -0.39 is 117 Å². The maximum atomic E-state index is 13.1. The Morgan fingerprint density at radius 1 is 0.750 bits per heavy atom. The van der Waals surface area contributed by atoms with Crippen LogP contribution in [0, 0.1) is 36.8 Å². The van der Waals surface area contributed by atoms with Gasteiger partial charge in [-0.05, 0) is 52.0 Å². The number of anilines is 2. The van der Waals surface area contributed by atoms with Gasteiger partial charge in [0.2, 0.25) is 5.91 Å². The lowest BCUT2D eigenvalue weighted by molar-refractivity contribution is -0.155. The molecule has 20 heteroatoms. The molecule has 4 saturated heterocycles. The summed E-state index contributed by atoms with van der Waals surface area (Å²) in [6.45, 7) is 19.6. The highest BCUT2D eigenvalue weighted by atomic mass is 19.4. The number of nitrogens with one attached hydrogen (secondary N) is 2. The number of ether oxygens (including phenoxy) is 2. The molecule has 14 nitrogen and oxygen atoms in total. The average Bonchev–Trinajstić information content (AvgIpc) is 3.66. The Labute approximate surface area is 314 Å². The van der Waals surface area contributed by atoms with Crippen LogP contribution in [0.25, 0.3) is 9.69 Å². The smallest absolute Gasteiger partial charge is 0.407 e. The van der Waals surface area contributed by atoms with Crippen LogP contribution < -0.4 is 10.6 Å². The monoisotopic (exact) mass is 798 g/mol. The van der Waals surface area contributed by atoms with Gasteiger partial charge < -0.3 is 45.6 Å². The molecule has 1 amide bonds. The molecule has 4 fully saturated rings. The Hall–Kier alpha value is -4.99. The Morgan fingerprint density at radius 3 is 1.64 bits per heavy atom. The van der Waals surface area contributed by atoms with Crippen molar-refractivity contribution in [2.45, 2.75) is 93.7 Å². The van der Waals surface area contributed by atoms with Gasteiger partial charge in [-0.2, -0.15) is 26.3 Å². The molecule has 0 saturated carbocycles. The number of carboxylic acids is 2. The van der Waals surface area contributed by atoms with Gasteiger partial charge in [-0.3, -0.25) is 14.4 Å². The fourth-order valence-electron chi connectivity index (χ4n) is 8.83. The quantitative estimate of drug-likeness (QED) is 0.107. The Bertz CT molecular complexity index is 2040. The van der Waals surface area contributed by atoms with Crippen LogP contribution in [0.2, 0.25) is 0 Å². The van der Waals surface area contributed by atoms with Gasteiger partial charge in [0.15, 0.2) is 11.4 Å². The number of carbonyl (C=O) groups is 3. The van der Waals surface area contributed by atoms with Gasteiger partial charge in [-0.15, -0.1) is 0 Å². The van der Waals surface area contributed by atoms with Crippen LogP contribution in [0.3, 0.4) is 0 Å². The van der Waals surface area contributed by atoms with Crippen LogP contribution >= 0.6 is 0 Å². The van der Waals surface area contributed by atoms with Crippen molar-refractivity contribution in [2.24, 2.45) is 23.7 Å². The standard InChI is InChI=1S/C18H19F3N2O5.C18H17F3N2O5/c1-16-7-11(24)17(2,28-16)12(13(16)15(26)27)14(25)23-8-4-5-10(22-3)9(6-8)18(19,20)21;1-16-7-11(24)17(2,28-16)13(15(26)27)12(16)14(25)23-8-4-5-10(22-3)9(6-8)18(19,20)21/h4-6,11-14,23-25H,7H2,1-2H3,(H,26,27);4-6,11-13,24H,7H2,1-2H3,(H,23,25)(H,26,27)/t11-,12-,13+,14?,16?,17?;11-,12+,13-,16?,17?/m00/s1. The Balaban J connectivity index is 0.000000214. The second kappa shape index (κ2) is 13.9. The number of aliphatic hydroxyl groups is 3. The molecule has 11 atom stereocenters. The zero-order chi connectivity index (χ0) is 42.1. The highest BCUT2D eigenvalue weighted by Crippen LogP contribution is 2.59. The molecular weight excluding hydrogens is 762 g/mol. The van der Waals surface area contributed by atoms with E-state index in [1.807, 2.05) is 0 Å². The molecule has 5 unspecified atom stereocenters. The van der Waals surface area contributed by atoms with E-state index in [1.54, 1.807) is 0 Å². The largest absolute Gasteiger partial charge is 0.481 e. The molecule has 4 heterocycles. The van der Waals surface area contributed by atoms with Crippen molar-refractivity contribution in [1.82, 2.24) is 0 Å². The maximum Gasteiger partial charge on any atom is 0.407 e. The third kappa shape index (κ3) is 7.00. The van der Waals surface area contributed by atoms with E-state index in [0.717, 1.165) is 18.2 Å². The maximum absolute atomic E-state index is 13.1. The third-order valence-electron chi connectivity index (χ3n) is 11.3. The molecule has 56 heavy (non-hydrogen) atoms. The molecular formula is C36H36F6N4O10. The number of rotatable bonds is 7. The fraction of sp³-hybridized carbons (Fsp3) is 0.528. The summed E-state index contributed by atoms with van der Waals surface area (Å²) in [7, 11) is 0. The number of benzene rings is 2. The van der Waals surface area contributed by atoms with E-state index in [2.05, 4.69) is 20.3 Å². The molecule has 0 aliphatic carbocycles. The lowest BCUT2D eigenvalue weighted by atomic mass is 9.65.